The largest absolute Gasteiger partial charge is 0.493 e. The fourth-order valence-electron chi connectivity index (χ4n) is 2.75. The summed E-state index contributed by atoms with van der Waals surface area (Å²) in [5.41, 5.74) is 0.575. The minimum Gasteiger partial charge on any atom is -0.493 e. The molecule has 1 amide bonds. The average molecular weight is 447 g/mol. The van der Waals surface area contributed by atoms with Crippen LogP contribution in [0.25, 0.3) is 0 Å². The summed E-state index contributed by atoms with van der Waals surface area (Å²) in [6, 6.07) is 5.75. The van der Waals surface area contributed by atoms with Gasteiger partial charge in [-0.25, -0.2) is 0 Å². The van der Waals surface area contributed by atoms with E-state index in [1.165, 1.54) is 6.42 Å². The summed E-state index contributed by atoms with van der Waals surface area (Å²) < 4.78 is 12.5. The third kappa shape index (κ3) is 5.83. The van der Waals surface area contributed by atoms with Crippen molar-refractivity contribution >= 4 is 28.5 Å². The standard InChI is InChI=1S/C19H30INO3/c1-14(2)21(15(3)4)19(22)16-10-9-11-17(23-5)18(16)24-13-8-6-7-12-20/h9-11,14-15H,6-8,12-13H2,1-5H3. The molecule has 0 atom stereocenters. The van der Waals surface area contributed by atoms with Crippen LogP contribution in [0.5, 0.6) is 11.5 Å². The van der Waals surface area contributed by atoms with E-state index in [4.69, 9.17) is 9.47 Å². The number of hydrogen-bond acceptors (Lipinski definition) is 3. The van der Waals surface area contributed by atoms with Gasteiger partial charge in [-0.3, -0.25) is 4.79 Å². The Morgan fingerprint density at radius 2 is 1.79 bits per heavy atom. The summed E-state index contributed by atoms with van der Waals surface area (Å²) in [6.45, 7) is 8.72. The minimum absolute atomic E-state index is 0.0128. The molecule has 0 heterocycles. The second-order valence-electron chi connectivity index (χ2n) is 6.33. The predicted molar refractivity (Wildman–Crippen MR) is 108 cm³/mol. The van der Waals surface area contributed by atoms with Gasteiger partial charge in [-0.1, -0.05) is 28.7 Å². The number of carbonyl (C=O) groups is 1. The van der Waals surface area contributed by atoms with Gasteiger partial charge in [-0.05, 0) is 63.5 Å². The van der Waals surface area contributed by atoms with Gasteiger partial charge in [0.1, 0.15) is 0 Å². The number of amides is 1. The predicted octanol–water partition coefficient (Wildman–Crippen LogP) is 4.94. The topological polar surface area (TPSA) is 38.8 Å². The molecular weight excluding hydrogens is 417 g/mol. The van der Waals surface area contributed by atoms with Gasteiger partial charge in [-0.2, -0.15) is 0 Å². The van der Waals surface area contributed by atoms with Crippen molar-refractivity contribution in [3.63, 3.8) is 0 Å². The number of unbranched alkanes of at least 4 members (excludes halogenated alkanes) is 2. The summed E-state index contributed by atoms with van der Waals surface area (Å²) in [7, 11) is 1.61. The van der Waals surface area contributed by atoms with Crippen molar-refractivity contribution in [2.75, 3.05) is 18.1 Å². The molecule has 0 saturated carbocycles. The van der Waals surface area contributed by atoms with Gasteiger partial charge in [0.25, 0.3) is 5.91 Å². The SMILES string of the molecule is COc1cccc(C(=O)N(C(C)C)C(C)C)c1OCCCCCI. The molecule has 0 fully saturated rings. The fraction of sp³-hybridized carbons (Fsp3) is 0.632. The van der Waals surface area contributed by atoms with Crippen molar-refractivity contribution in [1.29, 1.82) is 0 Å². The zero-order valence-corrected chi connectivity index (χ0v) is 17.6. The van der Waals surface area contributed by atoms with Crippen molar-refractivity contribution in [3.05, 3.63) is 23.8 Å². The second-order valence-corrected chi connectivity index (χ2v) is 7.41. The highest BCUT2D eigenvalue weighted by Gasteiger charge is 2.26. The summed E-state index contributed by atoms with van der Waals surface area (Å²) in [5, 5.41) is 0. The molecule has 0 aliphatic heterocycles. The van der Waals surface area contributed by atoms with Crippen LogP contribution in [-0.4, -0.2) is 41.0 Å². The summed E-state index contributed by atoms with van der Waals surface area (Å²) in [6.07, 6.45) is 3.30. The molecule has 0 saturated heterocycles. The lowest BCUT2D eigenvalue weighted by Crippen LogP contribution is -2.42. The maximum absolute atomic E-state index is 13.0. The van der Waals surface area contributed by atoms with Gasteiger partial charge in [0.15, 0.2) is 11.5 Å². The molecule has 0 spiro atoms. The van der Waals surface area contributed by atoms with E-state index in [9.17, 15) is 4.79 Å². The molecule has 0 aliphatic rings. The maximum Gasteiger partial charge on any atom is 0.258 e. The van der Waals surface area contributed by atoms with Crippen molar-refractivity contribution in [1.82, 2.24) is 4.90 Å². The normalized spacial score (nSPS) is 11.0. The van der Waals surface area contributed by atoms with E-state index in [1.54, 1.807) is 7.11 Å². The number of hydrogen-bond donors (Lipinski definition) is 0. The number of halogens is 1. The van der Waals surface area contributed by atoms with Gasteiger partial charge >= 0.3 is 0 Å². The quantitative estimate of drug-likeness (QED) is 0.290. The Morgan fingerprint density at radius 1 is 1.12 bits per heavy atom. The Morgan fingerprint density at radius 3 is 2.33 bits per heavy atom. The molecule has 5 heteroatoms. The van der Waals surface area contributed by atoms with Gasteiger partial charge in [0.2, 0.25) is 0 Å². The molecule has 0 bridgehead atoms. The van der Waals surface area contributed by atoms with E-state index in [1.807, 2.05) is 50.8 Å². The van der Waals surface area contributed by atoms with Gasteiger partial charge in [0.05, 0.1) is 19.3 Å². The Kier molecular flexibility index (Phi) is 9.48. The summed E-state index contributed by atoms with van der Waals surface area (Å²) >= 11 is 2.38. The molecule has 0 radical (unpaired) electrons. The zero-order valence-electron chi connectivity index (χ0n) is 15.5. The van der Waals surface area contributed by atoms with Crippen LogP contribution < -0.4 is 9.47 Å². The van der Waals surface area contributed by atoms with Crippen LogP contribution in [0.1, 0.15) is 57.3 Å². The number of ether oxygens (including phenoxy) is 2. The van der Waals surface area contributed by atoms with Gasteiger partial charge < -0.3 is 14.4 Å². The van der Waals surface area contributed by atoms with Gasteiger partial charge in [0, 0.05) is 12.1 Å². The number of benzene rings is 1. The highest BCUT2D eigenvalue weighted by Crippen LogP contribution is 2.33. The fourth-order valence-corrected chi connectivity index (χ4v) is 3.29. The molecule has 4 nitrogen and oxygen atoms in total. The van der Waals surface area contributed by atoms with Crippen molar-refractivity contribution in [2.24, 2.45) is 0 Å². The first-order valence-electron chi connectivity index (χ1n) is 8.62. The molecule has 136 valence electrons. The van der Waals surface area contributed by atoms with Crippen LogP contribution in [0.4, 0.5) is 0 Å². The van der Waals surface area contributed by atoms with Crippen LogP contribution in [-0.2, 0) is 0 Å². The second kappa shape index (κ2) is 10.8. The number of carbonyl (C=O) groups excluding carboxylic acids is 1. The maximum atomic E-state index is 13.0. The summed E-state index contributed by atoms with van der Waals surface area (Å²) in [4.78, 5) is 14.9. The molecule has 0 aromatic heterocycles. The number of rotatable bonds is 10. The van der Waals surface area contributed by atoms with E-state index in [2.05, 4.69) is 22.6 Å². The number of alkyl halides is 1. The number of para-hydroxylation sites is 1. The number of methoxy groups -OCH3 is 1. The third-order valence-electron chi connectivity index (χ3n) is 3.80. The highest BCUT2D eigenvalue weighted by atomic mass is 127. The van der Waals surface area contributed by atoms with Crippen molar-refractivity contribution in [2.45, 2.75) is 59.0 Å². The van der Waals surface area contributed by atoms with Crippen LogP contribution in [0.3, 0.4) is 0 Å². The molecule has 24 heavy (non-hydrogen) atoms. The van der Waals surface area contributed by atoms with Crippen LogP contribution in [0.2, 0.25) is 0 Å². The zero-order chi connectivity index (χ0) is 18.1. The minimum atomic E-state index is -0.0128. The first kappa shape index (κ1) is 21.1. The first-order chi connectivity index (χ1) is 11.4. The average Bonchev–Trinajstić information content (AvgIpc) is 2.53. The van der Waals surface area contributed by atoms with Crippen molar-refractivity contribution < 1.29 is 14.3 Å². The molecular formula is C19H30INO3. The van der Waals surface area contributed by atoms with Crippen LogP contribution in [0.15, 0.2) is 18.2 Å². The Labute approximate surface area is 160 Å². The molecule has 1 aromatic carbocycles. The monoisotopic (exact) mass is 447 g/mol. The van der Waals surface area contributed by atoms with Crippen molar-refractivity contribution in [3.8, 4) is 11.5 Å². The third-order valence-corrected chi connectivity index (χ3v) is 4.56. The smallest absolute Gasteiger partial charge is 0.258 e. The first-order valence-corrected chi connectivity index (χ1v) is 10.1. The molecule has 0 N–H and O–H groups in total. The Bertz CT molecular complexity index is 509. The lowest BCUT2D eigenvalue weighted by Gasteiger charge is -2.31. The van der Waals surface area contributed by atoms with Gasteiger partial charge in [-0.15, -0.1) is 0 Å². The van der Waals surface area contributed by atoms with E-state index in [0.29, 0.717) is 23.7 Å². The lowest BCUT2D eigenvalue weighted by atomic mass is 10.1. The molecule has 1 rings (SSSR count). The summed E-state index contributed by atoms with van der Waals surface area (Å²) in [5.74, 6) is 1.16. The Hall–Kier alpha value is -0.980. The highest BCUT2D eigenvalue weighted by molar-refractivity contribution is 14.1. The van der Waals surface area contributed by atoms with E-state index >= 15 is 0 Å². The van der Waals surface area contributed by atoms with E-state index in [0.717, 1.165) is 17.3 Å². The number of nitrogens with zero attached hydrogens (tertiary/aromatic N) is 1. The lowest BCUT2D eigenvalue weighted by molar-refractivity contribution is 0.0638. The Balaban J connectivity index is 3.02. The van der Waals surface area contributed by atoms with Crippen LogP contribution >= 0.6 is 22.6 Å². The van der Waals surface area contributed by atoms with Crippen LogP contribution in [0, 0.1) is 0 Å². The molecule has 0 unspecified atom stereocenters. The van der Waals surface area contributed by atoms with E-state index in [-0.39, 0.29) is 18.0 Å². The van der Waals surface area contributed by atoms with E-state index < -0.39 is 0 Å². The molecule has 1 aromatic rings. The molecule has 0 aliphatic carbocycles.